The summed E-state index contributed by atoms with van der Waals surface area (Å²) in [5.74, 6) is 2.31. The van der Waals surface area contributed by atoms with Crippen LogP contribution in [0.4, 0.5) is 0 Å². The molecule has 0 heterocycles. The molecule has 0 aromatic carbocycles. The Morgan fingerprint density at radius 3 is 1.00 bits per heavy atom. The van der Waals surface area contributed by atoms with Crippen LogP contribution in [-0.2, 0) is 19.1 Å². The first kappa shape index (κ1) is 51.9. The minimum absolute atomic E-state index is 0.0152. The second-order valence-electron chi connectivity index (χ2n) is 17.2. The van der Waals surface area contributed by atoms with Crippen molar-refractivity contribution in [3.05, 3.63) is 0 Å². The summed E-state index contributed by atoms with van der Waals surface area (Å²) in [6.07, 6.45) is 41.3. The Bertz CT molecular complexity index is 695. The lowest BCUT2D eigenvalue weighted by Crippen LogP contribution is -2.14. The highest BCUT2D eigenvalue weighted by atomic mass is 16.5. The van der Waals surface area contributed by atoms with Crippen LogP contribution in [-0.4, -0.2) is 50.7 Å². The van der Waals surface area contributed by atoms with E-state index < -0.39 is 0 Å². The van der Waals surface area contributed by atoms with Crippen molar-refractivity contribution in [2.75, 3.05) is 33.9 Å². The van der Waals surface area contributed by atoms with E-state index in [-0.39, 0.29) is 11.9 Å². The summed E-state index contributed by atoms with van der Waals surface area (Å²) < 4.78 is 11.3. The van der Waals surface area contributed by atoms with Crippen LogP contribution in [0, 0.1) is 17.8 Å². The maximum Gasteiger partial charge on any atom is 0.305 e. The fourth-order valence-electron chi connectivity index (χ4n) is 8.02. The van der Waals surface area contributed by atoms with Gasteiger partial charge >= 0.3 is 11.9 Å². The molecule has 316 valence electrons. The molecular formula is C48H95NO4. The number of unbranched alkanes of at least 4 members (excludes halogenated alkanes) is 16. The first-order chi connectivity index (χ1) is 25.9. The lowest BCUT2D eigenvalue weighted by molar-refractivity contribution is -0.145. The van der Waals surface area contributed by atoms with Crippen LogP contribution in [0.1, 0.15) is 246 Å². The zero-order chi connectivity index (χ0) is 39.0. The van der Waals surface area contributed by atoms with Gasteiger partial charge in [-0.25, -0.2) is 0 Å². The molecule has 0 aliphatic rings. The van der Waals surface area contributed by atoms with Gasteiger partial charge in [0.15, 0.2) is 0 Å². The van der Waals surface area contributed by atoms with Crippen LogP contribution in [0.3, 0.4) is 0 Å². The van der Waals surface area contributed by atoms with Gasteiger partial charge in [-0.05, 0) is 76.9 Å². The molecule has 0 bridgehead atoms. The third-order valence-corrected chi connectivity index (χ3v) is 11.6. The van der Waals surface area contributed by atoms with Crippen LogP contribution in [0.25, 0.3) is 0 Å². The van der Waals surface area contributed by atoms with E-state index in [1.165, 1.54) is 173 Å². The van der Waals surface area contributed by atoms with E-state index in [0.717, 1.165) is 56.3 Å². The van der Waals surface area contributed by atoms with Gasteiger partial charge in [0.05, 0.1) is 13.2 Å². The Morgan fingerprint density at radius 2 is 0.660 bits per heavy atom. The lowest BCUT2D eigenvalue weighted by Gasteiger charge is -2.18. The molecule has 0 atom stereocenters. The summed E-state index contributed by atoms with van der Waals surface area (Å²) in [4.78, 5) is 27.0. The van der Waals surface area contributed by atoms with Crippen LogP contribution < -0.4 is 0 Å². The maximum absolute atomic E-state index is 12.4. The molecule has 0 rings (SSSR count). The monoisotopic (exact) mass is 750 g/mol. The number of ether oxygens (including phenoxy) is 2. The largest absolute Gasteiger partial charge is 0.466 e. The van der Waals surface area contributed by atoms with Crippen LogP contribution in [0.15, 0.2) is 0 Å². The molecular weight excluding hydrogens is 655 g/mol. The van der Waals surface area contributed by atoms with Crippen molar-refractivity contribution >= 4 is 11.9 Å². The standard InChI is InChI=1S/C48H95NO4/c1-7-11-21-30-45(31-22-12-8-2)39-42-52-47(50)37-27-19-15-17-25-34-44(36-29-41-49(5)6)35-26-18-16-20-28-38-48(51)53-43-40-46(32-23-13-9-3)33-24-14-10-4/h44-46H,7-43H2,1-6H3. The van der Waals surface area contributed by atoms with Crippen molar-refractivity contribution in [2.24, 2.45) is 17.8 Å². The Morgan fingerprint density at radius 1 is 0.377 bits per heavy atom. The number of carbonyl (C=O) groups excluding carboxylic acids is 2. The average Bonchev–Trinajstić information content (AvgIpc) is 3.13. The smallest absolute Gasteiger partial charge is 0.305 e. The van der Waals surface area contributed by atoms with Gasteiger partial charge in [0.2, 0.25) is 0 Å². The molecule has 53 heavy (non-hydrogen) atoms. The van der Waals surface area contributed by atoms with E-state index in [0.29, 0.717) is 26.1 Å². The number of hydrogen-bond donors (Lipinski definition) is 0. The quantitative estimate of drug-likeness (QED) is 0.0459. The second-order valence-corrected chi connectivity index (χ2v) is 17.2. The zero-order valence-corrected chi connectivity index (χ0v) is 37.0. The number of esters is 2. The summed E-state index contributed by atoms with van der Waals surface area (Å²) in [5, 5.41) is 0. The minimum Gasteiger partial charge on any atom is -0.466 e. The molecule has 0 radical (unpaired) electrons. The molecule has 5 nitrogen and oxygen atoms in total. The normalized spacial score (nSPS) is 11.8. The molecule has 0 amide bonds. The van der Waals surface area contributed by atoms with Crippen molar-refractivity contribution in [1.29, 1.82) is 0 Å². The van der Waals surface area contributed by atoms with E-state index in [1.807, 2.05) is 0 Å². The van der Waals surface area contributed by atoms with Crippen molar-refractivity contribution in [3.63, 3.8) is 0 Å². The summed E-state index contributed by atoms with van der Waals surface area (Å²) in [6.45, 7) is 11.5. The van der Waals surface area contributed by atoms with Gasteiger partial charge in [0.25, 0.3) is 0 Å². The third kappa shape index (κ3) is 37.6. The summed E-state index contributed by atoms with van der Waals surface area (Å²) in [5.41, 5.74) is 0. The van der Waals surface area contributed by atoms with E-state index >= 15 is 0 Å². The van der Waals surface area contributed by atoms with Crippen LogP contribution >= 0.6 is 0 Å². The molecule has 0 saturated heterocycles. The molecule has 0 aliphatic heterocycles. The molecule has 5 heteroatoms. The van der Waals surface area contributed by atoms with E-state index in [2.05, 4.69) is 46.7 Å². The third-order valence-electron chi connectivity index (χ3n) is 11.6. The molecule has 0 aromatic rings. The number of carbonyl (C=O) groups is 2. The van der Waals surface area contributed by atoms with Crippen molar-refractivity contribution in [1.82, 2.24) is 4.90 Å². The Kier molecular flexibility index (Phi) is 39.7. The molecule has 0 aromatic heterocycles. The van der Waals surface area contributed by atoms with Crippen molar-refractivity contribution < 1.29 is 19.1 Å². The van der Waals surface area contributed by atoms with Gasteiger partial charge in [-0.2, -0.15) is 0 Å². The summed E-state index contributed by atoms with van der Waals surface area (Å²) in [6, 6.07) is 0. The molecule has 0 saturated carbocycles. The average molecular weight is 750 g/mol. The number of hydrogen-bond acceptors (Lipinski definition) is 5. The number of nitrogens with zero attached hydrogens (tertiary/aromatic N) is 1. The van der Waals surface area contributed by atoms with Crippen molar-refractivity contribution in [3.8, 4) is 0 Å². The van der Waals surface area contributed by atoms with Gasteiger partial charge in [-0.1, -0.05) is 195 Å². The molecule has 0 spiro atoms. The Hall–Kier alpha value is -1.10. The van der Waals surface area contributed by atoms with Gasteiger partial charge in [0.1, 0.15) is 0 Å². The highest BCUT2D eigenvalue weighted by molar-refractivity contribution is 5.69. The lowest BCUT2D eigenvalue weighted by atomic mass is 9.90. The molecule has 0 fully saturated rings. The first-order valence-corrected chi connectivity index (χ1v) is 23.8. The van der Waals surface area contributed by atoms with E-state index in [1.54, 1.807) is 0 Å². The second kappa shape index (κ2) is 40.6. The topological polar surface area (TPSA) is 55.8 Å². The minimum atomic E-state index is 0.0152. The predicted molar refractivity (Wildman–Crippen MR) is 231 cm³/mol. The number of rotatable bonds is 42. The van der Waals surface area contributed by atoms with Gasteiger partial charge in [0, 0.05) is 12.8 Å². The van der Waals surface area contributed by atoms with Crippen molar-refractivity contribution in [2.45, 2.75) is 246 Å². The zero-order valence-electron chi connectivity index (χ0n) is 37.0. The van der Waals surface area contributed by atoms with Crippen LogP contribution in [0.5, 0.6) is 0 Å². The molecule has 0 unspecified atom stereocenters. The van der Waals surface area contributed by atoms with Gasteiger partial charge in [-0.15, -0.1) is 0 Å². The molecule has 0 N–H and O–H groups in total. The summed E-state index contributed by atoms with van der Waals surface area (Å²) >= 11 is 0. The molecule has 0 aliphatic carbocycles. The summed E-state index contributed by atoms with van der Waals surface area (Å²) in [7, 11) is 4.36. The SMILES string of the molecule is CCCCCC(CCCCC)CCOC(=O)CCCCCCCC(CCCCCCCC(=O)OCCC(CCCCC)CCCCC)CCCN(C)C. The van der Waals surface area contributed by atoms with E-state index in [4.69, 9.17) is 9.47 Å². The van der Waals surface area contributed by atoms with Gasteiger partial charge < -0.3 is 14.4 Å². The fraction of sp³-hybridized carbons (Fsp3) is 0.958. The first-order valence-electron chi connectivity index (χ1n) is 23.8. The Labute approximate surface area is 332 Å². The van der Waals surface area contributed by atoms with Gasteiger partial charge in [-0.3, -0.25) is 9.59 Å². The van der Waals surface area contributed by atoms with E-state index in [9.17, 15) is 9.59 Å². The van der Waals surface area contributed by atoms with Crippen LogP contribution in [0.2, 0.25) is 0 Å². The maximum atomic E-state index is 12.4. The highest BCUT2D eigenvalue weighted by Gasteiger charge is 2.13. The highest BCUT2D eigenvalue weighted by Crippen LogP contribution is 2.25. The Balaban J connectivity index is 4.13. The predicted octanol–water partition coefficient (Wildman–Crippen LogP) is 14.8. The fourth-order valence-corrected chi connectivity index (χ4v) is 8.02.